The van der Waals surface area contributed by atoms with Gasteiger partial charge < -0.3 is 5.32 Å². The molecule has 1 unspecified atom stereocenters. The van der Waals surface area contributed by atoms with E-state index in [0.717, 1.165) is 10.0 Å². The Kier molecular flexibility index (Phi) is 6.33. The summed E-state index contributed by atoms with van der Waals surface area (Å²) in [6, 6.07) is 8.02. The minimum atomic E-state index is -4.05. The van der Waals surface area contributed by atoms with Crippen LogP contribution in [0.4, 0.5) is 13.2 Å². The minimum Gasteiger partial charge on any atom is -0.308 e. The van der Waals surface area contributed by atoms with E-state index in [1.165, 1.54) is 0 Å². The highest BCUT2D eigenvalue weighted by Crippen LogP contribution is 2.25. The Morgan fingerprint density at radius 1 is 1.21 bits per heavy atom. The first-order chi connectivity index (χ1) is 8.79. The molecule has 0 fully saturated rings. The third-order valence-electron chi connectivity index (χ3n) is 3.00. The van der Waals surface area contributed by atoms with Crippen molar-refractivity contribution in [1.29, 1.82) is 0 Å². The molecule has 0 bridgehead atoms. The summed E-state index contributed by atoms with van der Waals surface area (Å²) in [5, 5.41) is 3.33. The van der Waals surface area contributed by atoms with Crippen LogP contribution < -0.4 is 5.32 Å². The molecular formula is C14H19BrF3N. The predicted molar refractivity (Wildman–Crippen MR) is 75.1 cm³/mol. The molecule has 1 N–H and O–H groups in total. The van der Waals surface area contributed by atoms with Gasteiger partial charge in [0.15, 0.2) is 0 Å². The molecule has 0 aromatic heterocycles. The van der Waals surface area contributed by atoms with Gasteiger partial charge in [0.25, 0.3) is 0 Å². The molecule has 0 heterocycles. The Morgan fingerprint density at radius 3 is 2.42 bits per heavy atom. The molecule has 0 aliphatic rings. The maximum atomic E-state index is 12.1. The molecule has 0 saturated carbocycles. The van der Waals surface area contributed by atoms with Crippen LogP contribution in [0.2, 0.25) is 0 Å². The van der Waals surface area contributed by atoms with Crippen LogP contribution in [-0.2, 0) is 0 Å². The first kappa shape index (κ1) is 16.5. The molecule has 0 amide bonds. The molecule has 5 heteroatoms. The van der Waals surface area contributed by atoms with Gasteiger partial charge in [0.05, 0.1) is 0 Å². The number of nitrogens with one attached hydrogen (secondary N) is 1. The van der Waals surface area contributed by atoms with Crippen molar-refractivity contribution in [2.45, 2.75) is 51.4 Å². The maximum absolute atomic E-state index is 12.1. The van der Waals surface area contributed by atoms with Crippen LogP contribution in [0.25, 0.3) is 0 Å². The second kappa shape index (κ2) is 7.29. The standard InChI is InChI=1S/C14H19BrF3N/c1-10(6-5-9-14(16,17)18)19-11(2)12-7-3-4-8-13(12)15/h3-4,7-8,10-11,19H,5-6,9H2,1-2H3/t10?,11-/m1/s1. The second-order valence-corrected chi connectivity index (χ2v) is 5.67. The van der Waals surface area contributed by atoms with E-state index in [0.29, 0.717) is 6.42 Å². The van der Waals surface area contributed by atoms with Crippen molar-refractivity contribution in [2.75, 3.05) is 0 Å². The first-order valence-corrected chi connectivity index (χ1v) is 7.16. The maximum Gasteiger partial charge on any atom is 0.389 e. The van der Waals surface area contributed by atoms with Gasteiger partial charge in [-0.05, 0) is 38.3 Å². The van der Waals surface area contributed by atoms with Crippen LogP contribution in [0.5, 0.6) is 0 Å². The summed E-state index contributed by atoms with van der Waals surface area (Å²) in [5.74, 6) is 0. The van der Waals surface area contributed by atoms with E-state index >= 15 is 0 Å². The Morgan fingerprint density at radius 2 is 1.84 bits per heavy atom. The van der Waals surface area contributed by atoms with E-state index in [2.05, 4.69) is 21.2 Å². The molecule has 19 heavy (non-hydrogen) atoms. The van der Waals surface area contributed by atoms with Gasteiger partial charge in [-0.1, -0.05) is 34.1 Å². The number of rotatable bonds is 6. The van der Waals surface area contributed by atoms with E-state index in [4.69, 9.17) is 0 Å². The van der Waals surface area contributed by atoms with Crippen molar-refractivity contribution in [3.05, 3.63) is 34.3 Å². The van der Waals surface area contributed by atoms with Crippen molar-refractivity contribution in [3.63, 3.8) is 0 Å². The van der Waals surface area contributed by atoms with E-state index in [1.54, 1.807) is 0 Å². The summed E-state index contributed by atoms with van der Waals surface area (Å²) < 4.78 is 37.2. The third kappa shape index (κ3) is 6.43. The van der Waals surface area contributed by atoms with Gasteiger partial charge in [0, 0.05) is 23.0 Å². The van der Waals surface area contributed by atoms with Gasteiger partial charge in [0.1, 0.15) is 0 Å². The number of halogens is 4. The van der Waals surface area contributed by atoms with Crippen LogP contribution in [0.3, 0.4) is 0 Å². The monoisotopic (exact) mass is 337 g/mol. The number of hydrogen-bond acceptors (Lipinski definition) is 1. The molecule has 2 atom stereocenters. The van der Waals surface area contributed by atoms with Crippen molar-refractivity contribution < 1.29 is 13.2 Å². The van der Waals surface area contributed by atoms with E-state index < -0.39 is 12.6 Å². The van der Waals surface area contributed by atoms with Crippen molar-refractivity contribution in [1.82, 2.24) is 5.32 Å². The third-order valence-corrected chi connectivity index (χ3v) is 3.73. The lowest BCUT2D eigenvalue weighted by Crippen LogP contribution is -2.29. The van der Waals surface area contributed by atoms with Crippen molar-refractivity contribution in [2.24, 2.45) is 0 Å². The molecule has 0 saturated heterocycles. The predicted octanol–water partition coefficient (Wildman–Crippen LogP) is 5.22. The van der Waals surface area contributed by atoms with Crippen LogP contribution in [0.1, 0.15) is 44.7 Å². The lowest BCUT2D eigenvalue weighted by Gasteiger charge is -2.21. The number of alkyl halides is 3. The van der Waals surface area contributed by atoms with Crippen LogP contribution in [0, 0.1) is 0 Å². The number of benzene rings is 1. The number of hydrogen-bond donors (Lipinski definition) is 1. The van der Waals surface area contributed by atoms with Gasteiger partial charge in [-0.3, -0.25) is 0 Å². The SMILES string of the molecule is CC(CCCC(F)(F)F)N[C@H](C)c1ccccc1Br. The van der Waals surface area contributed by atoms with Gasteiger partial charge in [0.2, 0.25) is 0 Å². The molecule has 1 rings (SSSR count). The largest absolute Gasteiger partial charge is 0.389 e. The Hall–Kier alpha value is -0.550. The highest BCUT2D eigenvalue weighted by atomic mass is 79.9. The summed E-state index contributed by atoms with van der Waals surface area (Å²) in [5.41, 5.74) is 1.12. The lowest BCUT2D eigenvalue weighted by molar-refractivity contribution is -0.135. The molecule has 1 nitrogen and oxygen atoms in total. The van der Waals surface area contributed by atoms with Gasteiger partial charge in [-0.2, -0.15) is 13.2 Å². The van der Waals surface area contributed by atoms with Crippen molar-refractivity contribution >= 4 is 15.9 Å². The Labute approximate surface area is 120 Å². The molecule has 108 valence electrons. The van der Waals surface area contributed by atoms with E-state index in [-0.39, 0.29) is 18.5 Å². The van der Waals surface area contributed by atoms with Crippen LogP contribution in [-0.4, -0.2) is 12.2 Å². The van der Waals surface area contributed by atoms with Crippen molar-refractivity contribution in [3.8, 4) is 0 Å². The summed E-state index contributed by atoms with van der Waals surface area (Å²) in [6.07, 6.45) is -4.06. The average molecular weight is 338 g/mol. The topological polar surface area (TPSA) is 12.0 Å². The zero-order chi connectivity index (χ0) is 14.5. The van der Waals surface area contributed by atoms with Gasteiger partial charge >= 0.3 is 6.18 Å². The molecule has 0 aliphatic heterocycles. The summed E-state index contributed by atoms with van der Waals surface area (Å²) in [7, 11) is 0. The smallest absolute Gasteiger partial charge is 0.308 e. The van der Waals surface area contributed by atoms with E-state index in [1.807, 2.05) is 38.1 Å². The summed E-state index contributed by atoms with van der Waals surface area (Å²) in [4.78, 5) is 0. The van der Waals surface area contributed by atoms with Crippen LogP contribution in [0.15, 0.2) is 28.7 Å². The fraction of sp³-hybridized carbons (Fsp3) is 0.571. The summed E-state index contributed by atoms with van der Waals surface area (Å²) in [6.45, 7) is 3.93. The molecular weight excluding hydrogens is 319 g/mol. The summed E-state index contributed by atoms with van der Waals surface area (Å²) >= 11 is 3.48. The zero-order valence-corrected chi connectivity index (χ0v) is 12.7. The van der Waals surface area contributed by atoms with Crippen LogP contribution >= 0.6 is 15.9 Å². The fourth-order valence-electron chi connectivity index (χ4n) is 2.03. The molecule has 1 aromatic rings. The molecule has 0 aliphatic carbocycles. The quantitative estimate of drug-likeness (QED) is 0.750. The lowest BCUT2D eigenvalue weighted by atomic mass is 10.1. The molecule has 1 aromatic carbocycles. The van der Waals surface area contributed by atoms with E-state index in [9.17, 15) is 13.2 Å². The first-order valence-electron chi connectivity index (χ1n) is 6.37. The average Bonchev–Trinajstić information content (AvgIpc) is 2.27. The molecule has 0 spiro atoms. The van der Waals surface area contributed by atoms with Gasteiger partial charge in [-0.15, -0.1) is 0 Å². The highest BCUT2D eigenvalue weighted by Gasteiger charge is 2.26. The second-order valence-electron chi connectivity index (χ2n) is 4.82. The zero-order valence-electron chi connectivity index (χ0n) is 11.1. The highest BCUT2D eigenvalue weighted by molar-refractivity contribution is 9.10. The fourth-order valence-corrected chi connectivity index (χ4v) is 2.66. The normalized spacial score (nSPS) is 15.3. The Bertz CT molecular complexity index is 393. The minimum absolute atomic E-state index is 0.0597. The Balaban J connectivity index is 2.40. The molecule has 0 radical (unpaired) electrons. The van der Waals surface area contributed by atoms with Gasteiger partial charge in [-0.25, -0.2) is 0 Å².